The van der Waals surface area contributed by atoms with E-state index in [1.807, 2.05) is 6.20 Å². The normalized spacial score (nSPS) is 23.8. The summed E-state index contributed by atoms with van der Waals surface area (Å²) in [6.07, 6.45) is 5.43. The van der Waals surface area contributed by atoms with Crippen LogP contribution in [0.15, 0.2) is 6.20 Å². The highest BCUT2D eigenvalue weighted by Gasteiger charge is 2.22. The van der Waals surface area contributed by atoms with Gasteiger partial charge in [0.05, 0.1) is 5.69 Å². The van der Waals surface area contributed by atoms with Crippen molar-refractivity contribution in [2.24, 2.45) is 11.7 Å². The summed E-state index contributed by atoms with van der Waals surface area (Å²) in [6.45, 7) is 4.77. The molecule has 18 heavy (non-hydrogen) atoms. The Bertz CT molecular complexity index is 420. The summed E-state index contributed by atoms with van der Waals surface area (Å²) in [5.41, 5.74) is 8.24. The van der Waals surface area contributed by atoms with Gasteiger partial charge in [0.1, 0.15) is 0 Å². The molecule has 1 unspecified atom stereocenters. The fourth-order valence-corrected chi connectivity index (χ4v) is 2.82. The third kappa shape index (κ3) is 2.33. The second-order valence-electron chi connectivity index (χ2n) is 5.26. The zero-order valence-corrected chi connectivity index (χ0v) is 10.7. The van der Waals surface area contributed by atoms with Crippen LogP contribution in [0.4, 0.5) is 5.95 Å². The highest BCUT2D eigenvalue weighted by atomic mass is 15.3. The molecule has 0 bridgehead atoms. The molecule has 1 atom stereocenters. The second-order valence-corrected chi connectivity index (χ2v) is 5.26. The highest BCUT2D eigenvalue weighted by Crippen LogP contribution is 2.21. The minimum atomic E-state index is 0.597. The summed E-state index contributed by atoms with van der Waals surface area (Å²) in [7, 11) is 0. The summed E-state index contributed by atoms with van der Waals surface area (Å²) in [5, 5.41) is 3.35. The predicted octanol–water partition coefficient (Wildman–Crippen LogP) is 0.297. The molecule has 0 saturated carbocycles. The van der Waals surface area contributed by atoms with Gasteiger partial charge in [-0.2, -0.15) is 0 Å². The standard InChI is InChI=1S/C13H21N5/c14-6-10-2-1-5-18(9-10)13-16-8-11-7-15-4-3-12(11)17-13/h8,10,15H,1-7,9,14H2. The number of nitrogens with zero attached hydrogens (tertiary/aromatic N) is 3. The van der Waals surface area contributed by atoms with E-state index in [1.165, 1.54) is 24.1 Å². The van der Waals surface area contributed by atoms with E-state index in [4.69, 9.17) is 10.7 Å². The van der Waals surface area contributed by atoms with Crippen LogP contribution in [0.1, 0.15) is 24.1 Å². The van der Waals surface area contributed by atoms with Gasteiger partial charge in [0, 0.05) is 44.4 Å². The molecule has 0 aromatic carbocycles. The molecule has 2 aliphatic heterocycles. The first-order valence-electron chi connectivity index (χ1n) is 6.87. The smallest absolute Gasteiger partial charge is 0.225 e. The van der Waals surface area contributed by atoms with Crippen molar-refractivity contribution in [3.05, 3.63) is 17.5 Å². The average Bonchev–Trinajstić information content (AvgIpc) is 2.47. The number of hydrogen-bond acceptors (Lipinski definition) is 5. The van der Waals surface area contributed by atoms with Gasteiger partial charge in [0.2, 0.25) is 5.95 Å². The number of rotatable bonds is 2. The number of nitrogens with two attached hydrogens (primary N) is 1. The largest absolute Gasteiger partial charge is 0.340 e. The first-order valence-corrected chi connectivity index (χ1v) is 6.87. The van der Waals surface area contributed by atoms with Gasteiger partial charge in [0.15, 0.2) is 0 Å². The van der Waals surface area contributed by atoms with E-state index in [-0.39, 0.29) is 0 Å². The summed E-state index contributed by atoms with van der Waals surface area (Å²) in [5.74, 6) is 1.49. The predicted molar refractivity (Wildman–Crippen MR) is 71.4 cm³/mol. The van der Waals surface area contributed by atoms with Crippen LogP contribution in [0.25, 0.3) is 0 Å². The Labute approximate surface area is 108 Å². The Balaban J connectivity index is 1.79. The number of piperidine rings is 1. The topological polar surface area (TPSA) is 67.1 Å². The van der Waals surface area contributed by atoms with E-state index in [1.54, 1.807) is 0 Å². The first-order chi connectivity index (χ1) is 8.86. The second kappa shape index (κ2) is 5.20. The van der Waals surface area contributed by atoms with Crippen molar-refractivity contribution in [2.75, 3.05) is 31.1 Å². The molecule has 0 amide bonds. The first kappa shape index (κ1) is 11.9. The van der Waals surface area contributed by atoms with Crippen LogP contribution < -0.4 is 16.0 Å². The van der Waals surface area contributed by atoms with Gasteiger partial charge < -0.3 is 16.0 Å². The lowest BCUT2D eigenvalue weighted by atomic mass is 9.99. The molecular weight excluding hydrogens is 226 g/mol. The van der Waals surface area contributed by atoms with Crippen LogP contribution in [0.5, 0.6) is 0 Å². The van der Waals surface area contributed by atoms with E-state index >= 15 is 0 Å². The van der Waals surface area contributed by atoms with Gasteiger partial charge in [-0.25, -0.2) is 9.97 Å². The van der Waals surface area contributed by atoms with Gasteiger partial charge in [0.25, 0.3) is 0 Å². The zero-order valence-electron chi connectivity index (χ0n) is 10.7. The number of hydrogen-bond donors (Lipinski definition) is 2. The lowest BCUT2D eigenvalue weighted by Crippen LogP contribution is -2.39. The molecule has 2 aliphatic rings. The van der Waals surface area contributed by atoms with E-state index < -0.39 is 0 Å². The molecule has 3 N–H and O–H groups in total. The number of nitrogens with one attached hydrogen (secondary N) is 1. The van der Waals surface area contributed by atoms with Crippen LogP contribution in [-0.4, -0.2) is 36.1 Å². The molecule has 1 fully saturated rings. The average molecular weight is 247 g/mol. The SMILES string of the molecule is NCC1CCCN(c2ncc3c(n2)CCNC3)C1. The minimum absolute atomic E-state index is 0.597. The summed E-state index contributed by atoms with van der Waals surface area (Å²) in [4.78, 5) is 11.6. The molecule has 5 nitrogen and oxygen atoms in total. The maximum Gasteiger partial charge on any atom is 0.225 e. The van der Waals surface area contributed by atoms with E-state index in [0.29, 0.717) is 5.92 Å². The van der Waals surface area contributed by atoms with Gasteiger partial charge in [-0.3, -0.25) is 0 Å². The summed E-state index contributed by atoms with van der Waals surface area (Å²) >= 11 is 0. The van der Waals surface area contributed by atoms with E-state index in [2.05, 4.69) is 15.2 Å². The van der Waals surface area contributed by atoms with Gasteiger partial charge in [-0.1, -0.05) is 0 Å². The molecule has 3 rings (SSSR count). The van der Waals surface area contributed by atoms with Crippen molar-refractivity contribution in [1.29, 1.82) is 0 Å². The molecule has 5 heteroatoms. The molecule has 1 aromatic heterocycles. The molecule has 0 spiro atoms. The van der Waals surface area contributed by atoms with Crippen molar-refractivity contribution >= 4 is 5.95 Å². The van der Waals surface area contributed by atoms with Crippen molar-refractivity contribution < 1.29 is 0 Å². The maximum atomic E-state index is 5.78. The van der Waals surface area contributed by atoms with Crippen molar-refractivity contribution in [2.45, 2.75) is 25.8 Å². The maximum absolute atomic E-state index is 5.78. The number of anilines is 1. The lowest BCUT2D eigenvalue weighted by Gasteiger charge is -2.32. The molecular formula is C13H21N5. The van der Waals surface area contributed by atoms with Crippen LogP contribution in [-0.2, 0) is 13.0 Å². The summed E-state index contributed by atoms with van der Waals surface area (Å²) < 4.78 is 0. The highest BCUT2D eigenvalue weighted by molar-refractivity contribution is 5.34. The lowest BCUT2D eigenvalue weighted by molar-refractivity contribution is 0.419. The Morgan fingerprint density at radius 3 is 3.33 bits per heavy atom. The molecule has 0 aliphatic carbocycles. The molecule has 1 saturated heterocycles. The Hall–Kier alpha value is -1.20. The Kier molecular flexibility index (Phi) is 3.43. The quantitative estimate of drug-likeness (QED) is 0.786. The fourth-order valence-electron chi connectivity index (χ4n) is 2.82. The monoisotopic (exact) mass is 247 g/mol. The van der Waals surface area contributed by atoms with Crippen molar-refractivity contribution in [3.8, 4) is 0 Å². The van der Waals surface area contributed by atoms with Gasteiger partial charge >= 0.3 is 0 Å². The van der Waals surface area contributed by atoms with Gasteiger partial charge in [-0.05, 0) is 25.3 Å². The molecule has 98 valence electrons. The molecule has 3 heterocycles. The minimum Gasteiger partial charge on any atom is -0.340 e. The van der Waals surface area contributed by atoms with Crippen LogP contribution in [0.2, 0.25) is 0 Å². The molecule has 1 aromatic rings. The third-order valence-electron chi connectivity index (χ3n) is 3.93. The van der Waals surface area contributed by atoms with Crippen LogP contribution in [0.3, 0.4) is 0 Å². The van der Waals surface area contributed by atoms with Crippen molar-refractivity contribution in [1.82, 2.24) is 15.3 Å². The Morgan fingerprint density at radius 1 is 1.50 bits per heavy atom. The van der Waals surface area contributed by atoms with Crippen molar-refractivity contribution in [3.63, 3.8) is 0 Å². The Morgan fingerprint density at radius 2 is 2.44 bits per heavy atom. The van der Waals surface area contributed by atoms with Gasteiger partial charge in [-0.15, -0.1) is 0 Å². The van der Waals surface area contributed by atoms with Crippen LogP contribution in [0, 0.1) is 5.92 Å². The zero-order chi connectivity index (χ0) is 12.4. The molecule has 0 radical (unpaired) electrons. The number of aromatic nitrogens is 2. The third-order valence-corrected chi connectivity index (χ3v) is 3.93. The van der Waals surface area contributed by atoms with E-state index in [9.17, 15) is 0 Å². The van der Waals surface area contributed by atoms with E-state index in [0.717, 1.165) is 45.1 Å². The fraction of sp³-hybridized carbons (Fsp3) is 0.692. The number of fused-ring (bicyclic) bond motifs is 1. The van der Waals surface area contributed by atoms with Crippen LogP contribution >= 0.6 is 0 Å². The summed E-state index contributed by atoms with van der Waals surface area (Å²) in [6, 6.07) is 0.